The smallest absolute Gasteiger partial charge is 0.130 e. The van der Waals surface area contributed by atoms with E-state index in [1.165, 1.54) is 5.56 Å². The monoisotopic (exact) mass is 197 g/mol. The van der Waals surface area contributed by atoms with Gasteiger partial charge in [-0.15, -0.1) is 0 Å². The summed E-state index contributed by atoms with van der Waals surface area (Å²) in [6.45, 7) is 2.03. The van der Waals surface area contributed by atoms with Crippen molar-refractivity contribution in [2.75, 3.05) is 5.32 Å². The fourth-order valence-corrected chi connectivity index (χ4v) is 1.34. The molecule has 75 valence electrons. The summed E-state index contributed by atoms with van der Waals surface area (Å²) in [6, 6.07) is 14.0. The van der Waals surface area contributed by atoms with Gasteiger partial charge in [-0.2, -0.15) is 0 Å². The zero-order chi connectivity index (χ0) is 10.5. The largest absolute Gasteiger partial charge is 0.340 e. The van der Waals surface area contributed by atoms with Gasteiger partial charge in [0.2, 0.25) is 0 Å². The average Bonchev–Trinajstić information content (AvgIpc) is 2.31. The highest BCUT2D eigenvalue weighted by Gasteiger charge is 1.94. The van der Waals surface area contributed by atoms with Gasteiger partial charge < -0.3 is 5.32 Å². The second kappa shape index (κ2) is 4.60. The molecule has 0 saturated carbocycles. The van der Waals surface area contributed by atoms with Crippen LogP contribution in [-0.4, -0.2) is 4.98 Å². The van der Waals surface area contributed by atoms with Crippen molar-refractivity contribution >= 4 is 11.5 Å². The molecular weight excluding hydrogens is 184 g/mol. The topological polar surface area (TPSA) is 24.9 Å². The molecule has 0 fully saturated rings. The molecule has 2 heteroatoms. The summed E-state index contributed by atoms with van der Waals surface area (Å²) in [7, 11) is 0. The maximum Gasteiger partial charge on any atom is 0.130 e. The molecule has 1 radical (unpaired) electrons. The second-order valence-electron chi connectivity index (χ2n) is 3.25. The molecule has 0 spiro atoms. The van der Waals surface area contributed by atoms with Gasteiger partial charge in [-0.1, -0.05) is 25.1 Å². The zero-order valence-electron chi connectivity index (χ0n) is 8.64. The molecule has 0 aliphatic carbocycles. The van der Waals surface area contributed by atoms with E-state index in [-0.39, 0.29) is 0 Å². The molecule has 1 N–H and O–H groups in total. The van der Waals surface area contributed by atoms with Gasteiger partial charge in [0.1, 0.15) is 5.82 Å². The van der Waals surface area contributed by atoms with Gasteiger partial charge in [-0.3, -0.25) is 0 Å². The maximum atomic E-state index is 4.20. The quantitative estimate of drug-likeness (QED) is 0.815. The summed E-state index contributed by atoms with van der Waals surface area (Å²) < 4.78 is 0. The first kappa shape index (κ1) is 9.71. The van der Waals surface area contributed by atoms with Crippen molar-refractivity contribution in [3.63, 3.8) is 0 Å². The number of hydrogen-bond donors (Lipinski definition) is 1. The van der Waals surface area contributed by atoms with Gasteiger partial charge in [0.05, 0.1) is 0 Å². The number of benzene rings is 1. The molecule has 15 heavy (non-hydrogen) atoms. The minimum atomic E-state index is 0.866. The van der Waals surface area contributed by atoms with E-state index in [1.807, 2.05) is 37.3 Å². The van der Waals surface area contributed by atoms with E-state index in [0.717, 1.165) is 11.5 Å². The second-order valence-corrected chi connectivity index (χ2v) is 3.25. The van der Waals surface area contributed by atoms with Crippen LogP contribution in [0.1, 0.15) is 12.5 Å². The van der Waals surface area contributed by atoms with Crippen LogP contribution < -0.4 is 5.32 Å². The van der Waals surface area contributed by atoms with Crippen LogP contribution in [0.4, 0.5) is 11.5 Å². The molecule has 0 aliphatic rings. The molecule has 0 unspecified atom stereocenters. The molecule has 0 atom stereocenters. The van der Waals surface area contributed by atoms with Gasteiger partial charge in [0, 0.05) is 11.9 Å². The highest BCUT2D eigenvalue weighted by atomic mass is 15.0. The first-order valence-corrected chi connectivity index (χ1v) is 4.96. The van der Waals surface area contributed by atoms with Crippen molar-refractivity contribution in [3.05, 3.63) is 60.6 Å². The lowest BCUT2D eigenvalue weighted by Crippen LogP contribution is -1.92. The first-order chi connectivity index (χ1) is 7.38. The van der Waals surface area contributed by atoms with Crippen LogP contribution in [-0.2, 0) is 0 Å². The Morgan fingerprint density at radius 1 is 1.07 bits per heavy atom. The SMILES string of the molecule is C[CH]c1ccc(Nc2ccccn2)cc1. The van der Waals surface area contributed by atoms with Crippen LogP contribution in [0.3, 0.4) is 0 Å². The predicted octanol–water partition coefficient (Wildman–Crippen LogP) is 3.40. The molecule has 0 amide bonds. The van der Waals surface area contributed by atoms with Crippen molar-refractivity contribution in [3.8, 4) is 0 Å². The third kappa shape index (κ3) is 2.56. The third-order valence-electron chi connectivity index (χ3n) is 2.18. The predicted molar refractivity (Wildman–Crippen MR) is 63.0 cm³/mol. The van der Waals surface area contributed by atoms with E-state index in [2.05, 4.69) is 28.9 Å². The van der Waals surface area contributed by atoms with Crippen molar-refractivity contribution in [1.29, 1.82) is 0 Å². The lowest BCUT2D eigenvalue weighted by Gasteiger charge is -2.05. The summed E-state index contributed by atoms with van der Waals surface area (Å²) in [5, 5.41) is 3.23. The van der Waals surface area contributed by atoms with Crippen LogP contribution in [0.2, 0.25) is 0 Å². The minimum Gasteiger partial charge on any atom is -0.340 e. The Morgan fingerprint density at radius 2 is 1.87 bits per heavy atom. The van der Waals surface area contributed by atoms with Crippen LogP contribution in [0.5, 0.6) is 0 Å². The summed E-state index contributed by atoms with van der Waals surface area (Å²) in [5.74, 6) is 0.866. The summed E-state index contributed by atoms with van der Waals surface area (Å²) in [5.41, 5.74) is 2.28. The maximum absolute atomic E-state index is 4.20. The molecule has 2 rings (SSSR count). The van der Waals surface area contributed by atoms with Crippen LogP contribution in [0.15, 0.2) is 48.7 Å². The van der Waals surface area contributed by atoms with Gasteiger partial charge >= 0.3 is 0 Å². The molecule has 0 saturated heterocycles. The number of pyridine rings is 1. The number of aromatic nitrogens is 1. The Kier molecular flexibility index (Phi) is 2.98. The average molecular weight is 197 g/mol. The lowest BCUT2D eigenvalue weighted by atomic mass is 10.1. The van der Waals surface area contributed by atoms with Gasteiger partial charge in [0.15, 0.2) is 0 Å². The van der Waals surface area contributed by atoms with E-state index < -0.39 is 0 Å². The van der Waals surface area contributed by atoms with E-state index in [4.69, 9.17) is 0 Å². The molecule has 1 aromatic heterocycles. The molecule has 0 bridgehead atoms. The Hall–Kier alpha value is -1.83. The molecule has 2 nitrogen and oxygen atoms in total. The Morgan fingerprint density at radius 3 is 2.47 bits per heavy atom. The number of anilines is 2. The normalized spacial score (nSPS) is 9.93. The van der Waals surface area contributed by atoms with Gasteiger partial charge in [-0.05, 0) is 36.2 Å². The van der Waals surface area contributed by atoms with E-state index in [0.29, 0.717) is 0 Å². The summed E-state index contributed by atoms with van der Waals surface area (Å²) in [4.78, 5) is 4.20. The van der Waals surface area contributed by atoms with Crippen molar-refractivity contribution in [2.24, 2.45) is 0 Å². The van der Waals surface area contributed by atoms with Gasteiger partial charge in [-0.25, -0.2) is 4.98 Å². The van der Waals surface area contributed by atoms with Crippen molar-refractivity contribution in [1.82, 2.24) is 4.98 Å². The molecule has 2 aromatic rings. The van der Waals surface area contributed by atoms with Crippen LogP contribution >= 0.6 is 0 Å². The van der Waals surface area contributed by atoms with Crippen LogP contribution in [0, 0.1) is 6.42 Å². The third-order valence-corrected chi connectivity index (χ3v) is 2.18. The lowest BCUT2D eigenvalue weighted by molar-refractivity contribution is 1.31. The van der Waals surface area contributed by atoms with E-state index in [9.17, 15) is 0 Å². The first-order valence-electron chi connectivity index (χ1n) is 4.96. The fourth-order valence-electron chi connectivity index (χ4n) is 1.34. The molecule has 0 aliphatic heterocycles. The number of rotatable bonds is 3. The van der Waals surface area contributed by atoms with Crippen molar-refractivity contribution in [2.45, 2.75) is 6.92 Å². The highest BCUT2D eigenvalue weighted by Crippen LogP contribution is 2.15. The Bertz CT molecular complexity index is 406. The number of nitrogens with zero attached hydrogens (tertiary/aromatic N) is 1. The Labute approximate surface area is 90.0 Å². The fraction of sp³-hybridized carbons (Fsp3) is 0.0769. The zero-order valence-corrected chi connectivity index (χ0v) is 8.64. The van der Waals surface area contributed by atoms with E-state index in [1.54, 1.807) is 6.20 Å². The van der Waals surface area contributed by atoms with Crippen molar-refractivity contribution < 1.29 is 0 Å². The number of hydrogen-bond acceptors (Lipinski definition) is 2. The Balaban J connectivity index is 2.11. The van der Waals surface area contributed by atoms with Crippen LogP contribution in [0.25, 0.3) is 0 Å². The molecular formula is C13H13N2. The summed E-state index contributed by atoms with van der Waals surface area (Å²) >= 11 is 0. The molecule has 1 heterocycles. The highest BCUT2D eigenvalue weighted by molar-refractivity contribution is 5.56. The minimum absolute atomic E-state index is 0.866. The molecule has 1 aromatic carbocycles. The van der Waals surface area contributed by atoms with E-state index >= 15 is 0 Å². The standard InChI is InChI=1S/C13H13N2/c1-2-11-6-8-12(9-7-11)15-13-5-3-4-10-14-13/h2-10H,1H3,(H,14,15). The van der Waals surface area contributed by atoms with Gasteiger partial charge in [0.25, 0.3) is 0 Å². The summed E-state index contributed by atoms with van der Waals surface area (Å²) in [6.07, 6.45) is 3.85. The number of nitrogens with one attached hydrogen (secondary N) is 1.